The Bertz CT molecular complexity index is 1070. The Kier molecular flexibility index (Phi) is 7.67. The summed E-state index contributed by atoms with van der Waals surface area (Å²) in [7, 11) is -0.122. The Balaban J connectivity index is 2.48. The van der Waals surface area contributed by atoms with Gasteiger partial charge < -0.3 is 9.30 Å². The predicted molar refractivity (Wildman–Crippen MR) is 124 cm³/mol. The lowest BCUT2D eigenvalue weighted by molar-refractivity contribution is 0.414. The van der Waals surface area contributed by atoms with Crippen LogP contribution in [0.5, 0.6) is 5.75 Å². The maximum atomic E-state index is 11.7. The normalized spacial score (nSPS) is 13.2. The Hall–Kier alpha value is -1.26. The van der Waals surface area contributed by atoms with Gasteiger partial charge in [-0.3, -0.25) is 0 Å². The first-order chi connectivity index (χ1) is 13.3. The molecule has 10 heteroatoms. The number of aromatic nitrogens is 1. The largest absolute Gasteiger partial charge is 0.496 e. The summed E-state index contributed by atoms with van der Waals surface area (Å²) >= 11 is 13.2. The van der Waals surface area contributed by atoms with Gasteiger partial charge in [0.25, 0.3) is 0 Å². The van der Waals surface area contributed by atoms with Crippen LogP contribution in [0.25, 0.3) is 0 Å². The van der Waals surface area contributed by atoms with E-state index >= 15 is 0 Å². The third-order valence-corrected chi connectivity index (χ3v) is 7.58. The van der Waals surface area contributed by atoms with E-state index < -0.39 is 10.0 Å². The zero-order valence-electron chi connectivity index (χ0n) is 17.4. The van der Waals surface area contributed by atoms with Gasteiger partial charge in [0, 0.05) is 36.2 Å². The molecule has 0 saturated heterocycles. The van der Waals surface area contributed by atoms with Gasteiger partial charge in [-0.25, -0.2) is 17.7 Å². The molecule has 0 fully saturated rings. The first kappa shape index (κ1) is 24.0. The molecule has 1 aromatic carbocycles. The highest BCUT2D eigenvalue weighted by atomic mass is 35.5. The first-order valence-electron chi connectivity index (χ1n) is 8.87. The molecule has 0 atom stereocenters. The summed E-state index contributed by atoms with van der Waals surface area (Å²) in [4.78, 5) is 6.84. The van der Waals surface area contributed by atoms with E-state index in [-0.39, 0.29) is 5.41 Å². The number of rotatable bonds is 6. The van der Waals surface area contributed by atoms with Crippen molar-refractivity contribution < 1.29 is 13.2 Å². The van der Waals surface area contributed by atoms with Crippen LogP contribution < -0.4 is 9.54 Å². The minimum atomic E-state index is -3.25. The van der Waals surface area contributed by atoms with Crippen molar-refractivity contribution in [1.82, 2.24) is 8.87 Å². The van der Waals surface area contributed by atoms with E-state index in [1.807, 2.05) is 10.8 Å². The summed E-state index contributed by atoms with van der Waals surface area (Å²) in [6.07, 6.45) is 3.20. The molecular weight excluding hydrogens is 450 g/mol. The van der Waals surface area contributed by atoms with Gasteiger partial charge in [0.15, 0.2) is 4.80 Å². The van der Waals surface area contributed by atoms with Crippen molar-refractivity contribution in [3.8, 4) is 5.75 Å². The van der Waals surface area contributed by atoms with Crippen molar-refractivity contribution in [2.75, 3.05) is 27.0 Å². The number of likely N-dealkylation sites (N-methyl/N-ethyl adjacent to an activating group) is 1. The molecule has 0 saturated carbocycles. The van der Waals surface area contributed by atoms with E-state index in [1.54, 1.807) is 32.4 Å². The third-order valence-electron chi connectivity index (χ3n) is 4.27. The number of thiocarbonyl (C=S) groups is 1. The average molecular weight is 476 g/mol. The minimum absolute atomic E-state index is 0.0711. The molecule has 1 aromatic heterocycles. The van der Waals surface area contributed by atoms with Gasteiger partial charge in [0.05, 0.1) is 18.9 Å². The molecule has 1 heterocycles. The van der Waals surface area contributed by atoms with E-state index in [2.05, 4.69) is 25.8 Å². The highest BCUT2D eigenvalue weighted by molar-refractivity contribution is 7.88. The van der Waals surface area contributed by atoms with Gasteiger partial charge in [-0.05, 0) is 23.6 Å². The van der Waals surface area contributed by atoms with Crippen LogP contribution in [-0.4, -0.2) is 49.2 Å². The molecule has 0 unspecified atom stereocenters. The molecule has 0 aliphatic heterocycles. The van der Waals surface area contributed by atoms with Gasteiger partial charge in [-0.15, -0.1) is 11.3 Å². The minimum Gasteiger partial charge on any atom is -0.496 e. The molecule has 29 heavy (non-hydrogen) atoms. The Morgan fingerprint density at radius 2 is 2.03 bits per heavy atom. The second-order valence-corrected chi connectivity index (χ2v) is 11.6. The van der Waals surface area contributed by atoms with Crippen molar-refractivity contribution in [2.24, 2.45) is 4.99 Å². The van der Waals surface area contributed by atoms with Crippen LogP contribution >= 0.6 is 35.2 Å². The van der Waals surface area contributed by atoms with Crippen molar-refractivity contribution in [1.29, 1.82) is 0 Å². The van der Waals surface area contributed by atoms with Gasteiger partial charge >= 0.3 is 0 Å². The Morgan fingerprint density at radius 1 is 1.38 bits per heavy atom. The molecule has 6 nitrogen and oxygen atoms in total. The van der Waals surface area contributed by atoms with Crippen molar-refractivity contribution >= 4 is 50.2 Å². The topological polar surface area (TPSA) is 63.9 Å². The third kappa shape index (κ3) is 6.36. The number of hydrogen-bond acceptors (Lipinski definition) is 5. The van der Waals surface area contributed by atoms with Gasteiger partial charge in [-0.1, -0.05) is 44.6 Å². The SMILES string of the molecule is COc1ccc(Cl)cc1C(=S)N=c1sc(C(C)(C)C)cn1CCN(C)S(C)(=O)=O. The summed E-state index contributed by atoms with van der Waals surface area (Å²) in [6, 6.07) is 5.21. The summed E-state index contributed by atoms with van der Waals surface area (Å²) in [6.45, 7) is 7.15. The van der Waals surface area contributed by atoms with Gasteiger partial charge in [0.1, 0.15) is 10.7 Å². The van der Waals surface area contributed by atoms with E-state index in [0.29, 0.717) is 39.2 Å². The fourth-order valence-electron chi connectivity index (χ4n) is 2.38. The van der Waals surface area contributed by atoms with Crippen LogP contribution in [0.4, 0.5) is 0 Å². The number of halogens is 1. The molecule has 0 N–H and O–H groups in total. The summed E-state index contributed by atoms with van der Waals surface area (Å²) in [5.74, 6) is 0.596. The number of methoxy groups -OCH3 is 1. The predicted octanol–water partition coefficient (Wildman–Crippen LogP) is 3.68. The van der Waals surface area contributed by atoms with Crippen molar-refractivity contribution in [3.63, 3.8) is 0 Å². The lowest BCUT2D eigenvalue weighted by Crippen LogP contribution is -2.31. The zero-order chi connectivity index (χ0) is 22.0. The molecule has 0 bridgehead atoms. The van der Waals surface area contributed by atoms with Crippen LogP contribution in [0.3, 0.4) is 0 Å². The first-order valence-corrected chi connectivity index (χ1v) is 12.3. The van der Waals surface area contributed by atoms with Crippen LogP contribution in [0.2, 0.25) is 5.02 Å². The van der Waals surface area contributed by atoms with Crippen LogP contribution in [0.1, 0.15) is 31.2 Å². The monoisotopic (exact) mass is 475 g/mol. The molecule has 0 amide bonds. The maximum absolute atomic E-state index is 11.7. The van der Waals surface area contributed by atoms with Crippen molar-refractivity contribution in [2.45, 2.75) is 32.7 Å². The molecule has 0 radical (unpaired) electrons. The lowest BCUT2D eigenvalue weighted by atomic mass is 9.95. The smallest absolute Gasteiger partial charge is 0.211 e. The zero-order valence-corrected chi connectivity index (χ0v) is 20.6. The van der Waals surface area contributed by atoms with Crippen LogP contribution in [0, 0.1) is 0 Å². The van der Waals surface area contributed by atoms with Crippen LogP contribution in [0.15, 0.2) is 29.4 Å². The number of ether oxygens (including phenoxy) is 1. The van der Waals surface area contributed by atoms with Gasteiger partial charge in [-0.2, -0.15) is 0 Å². The highest BCUT2D eigenvalue weighted by Crippen LogP contribution is 2.26. The Morgan fingerprint density at radius 3 is 2.59 bits per heavy atom. The molecule has 0 aliphatic rings. The maximum Gasteiger partial charge on any atom is 0.211 e. The second kappa shape index (κ2) is 9.26. The number of sulfonamides is 1. The van der Waals surface area contributed by atoms with E-state index in [4.69, 9.17) is 28.6 Å². The summed E-state index contributed by atoms with van der Waals surface area (Å²) in [5, 5.41) is 0.544. The number of thiazole rings is 1. The van der Waals surface area contributed by atoms with E-state index in [1.165, 1.54) is 21.9 Å². The summed E-state index contributed by atoms with van der Waals surface area (Å²) < 4.78 is 32.1. The van der Waals surface area contributed by atoms with Crippen LogP contribution in [-0.2, 0) is 22.0 Å². The standard InChI is InChI=1S/C19H26ClN3O3S3/c1-19(2,3)16-12-23(10-9-22(4)29(6,24)25)18(28-16)21-17(27)14-11-13(20)7-8-15(14)26-5/h7-8,11-12H,9-10H2,1-6H3. The van der Waals surface area contributed by atoms with E-state index in [9.17, 15) is 8.42 Å². The van der Waals surface area contributed by atoms with E-state index in [0.717, 1.165) is 4.88 Å². The lowest BCUT2D eigenvalue weighted by Gasteiger charge is -2.15. The molecule has 0 spiro atoms. The molecule has 2 rings (SSSR count). The second-order valence-electron chi connectivity index (χ2n) is 7.67. The fraction of sp³-hybridized carbons (Fsp3) is 0.474. The average Bonchev–Trinajstić information content (AvgIpc) is 3.01. The van der Waals surface area contributed by atoms with Crippen molar-refractivity contribution in [3.05, 3.63) is 44.7 Å². The number of benzene rings is 1. The quantitative estimate of drug-likeness (QED) is 0.598. The fourth-order valence-corrected chi connectivity index (χ4v) is 4.35. The molecular formula is C19H26ClN3O3S3. The molecule has 2 aromatic rings. The number of nitrogens with zero attached hydrogens (tertiary/aromatic N) is 3. The molecule has 0 aliphatic carbocycles. The Labute approximate surface area is 186 Å². The summed E-state index contributed by atoms with van der Waals surface area (Å²) in [5.41, 5.74) is 0.568. The highest BCUT2D eigenvalue weighted by Gasteiger charge is 2.19. The van der Waals surface area contributed by atoms with Gasteiger partial charge in [0.2, 0.25) is 10.0 Å². The number of hydrogen-bond donors (Lipinski definition) is 0. The molecule has 160 valence electrons.